The quantitative estimate of drug-likeness (QED) is 0.161. The lowest BCUT2D eigenvalue weighted by Crippen LogP contribution is -2.38. The molecule has 0 amide bonds. The van der Waals surface area contributed by atoms with Gasteiger partial charge >= 0.3 is 0 Å². The van der Waals surface area contributed by atoms with Gasteiger partial charge in [0.15, 0.2) is 5.96 Å². The second-order valence-corrected chi connectivity index (χ2v) is 6.05. The Bertz CT molecular complexity index is 484. The molecule has 1 aromatic rings. The summed E-state index contributed by atoms with van der Waals surface area (Å²) in [5.41, 5.74) is 1.14. The van der Waals surface area contributed by atoms with E-state index < -0.39 is 0 Å². The molecule has 0 atom stereocenters. The third-order valence-electron chi connectivity index (χ3n) is 3.92. The Morgan fingerprint density at radius 3 is 2.30 bits per heavy atom. The molecule has 0 aliphatic rings. The van der Waals surface area contributed by atoms with Crippen LogP contribution in [0, 0.1) is 0 Å². The lowest BCUT2D eigenvalue weighted by Gasteiger charge is -2.13. The number of methoxy groups -OCH3 is 1. The Kier molecular flexibility index (Phi) is 17.6. The summed E-state index contributed by atoms with van der Waals surface area (Å²) in [5, 5.41) is 15.6. The van der Waals surface area contributed by atoms with Crippen LogP contribution in [-0.2, 0) is 11.3 Å². The van der Waals surface area contributed by atoms with Crippen molar-refractivity contribution in [3.05, 3.63) is 29.8 Å². The predicted molar refractivity (Wildman–Crippen MR) is 122 cm³/mol. The highest BCUT2D eigenvalue weighted by atomic mass is 127. The Hall–Kier alpha value is -1.06. The van der Waals surface area contributed by atoms with E-state index in [1.807, 2.05) is 31.2 Å². The van der Waals surface area contributed by atoms with Crippen LogP contribution in [0.4, 0.5) is 0 Å². The summed E-state index contributed by atoms with van der Waals surface area (Å²) in [5.74, 6) is 1.69. The zero-order chi connectivity index (χ0) is 18.9. The highest BCUT2D eigenvalue weighted by Gasteiger charge is 2.00. The number of aliphatic hydroxyl groups is 1. The van der Waals surface area contributed by atoms with Gasteiger partial charge in [0.1, 0.15) is 5.75 Å². The summed E-state index contributed by atoms with van der Waals surface area (Å²) in [6, 6.07) is 7.97. The molecule has 0 heterocycles. The zero-order valence-corrected chi connectivity index (χ0v) is 19.0. The van der Waals surface area contributed by atoms with Crippen LogP contribution < -0.4 is 15.4 Å². The third-order valence-corrected chi connectivity index (χ3v) is 3.92. The van der Waals surface area contributed by atoms with Crippen LogP contribution in [0.5, 0.6) is 5.75 Å². The van der Waals surface area contributed by atoms with Gasteiger partial charge in [-0.3, -0.25) is 0 Å². The number of aliphatic hydroxyl groups excluding tert-OH is 1. The molecular weight excluding hydrogens is 457 g/mol. The second-order valence-electron chi connectivity index (χ2n) is 6.05. The maximum atomic E-state index is 8.82. The molecule has 156 valence electrons. The smallest absolute Gasteiger partial charge is 0.191 e. The van der Waals surface area contributed by atoms with Crippen molar-refractivity contribution >= 4 is 29.9 Å². The summed E-state index contributed by atoms with van der Waals surface area (Å²) in [7, 11) is 1.67. The second kappa shape index (κ2) is 18.3. The van der Waals surface area contributed by atoms with E-state index in [4.69, 9.17) is 14.6 Å². The zero-order valence-electron chi connectivity index (χ0n) is 16.7. The monoisotopic (exact) mass is 493 g/mol. The van der Waals surface area contributed by atoms with Crippen LogP contribution in [0.2, 0.25) is 0 Å². The van der Waals surface area contributed by atoms with Gasteiger partial charge in [-0.25, -0.2) is 4.99 Å². The minimum absolute atomic E-state index is 0. The van der Waals surface area contributed by atoms with Gasteiger partial charge in [-0.2, -0.15) is 0 Å². The first-order chi connectivity index (χ1) is 12.8. The normalized spacial score (nSPS) is 11.0. The van der Waals surface area contributed by atoms with Crippen LogP contribution in [0.15, 0.2) is 29.3 Å². The van der Waals surface area contributed by atoms with E-state index in [-0.39, 0.29) is 30.6 Å². The Morgan fingerprint density at radius 1 is 1.00 bits per heavy atom. The van der Waals surface area contributed by atoms with Crippen LogP contribution in [0.25, 0.3) is 0 Å². The number of benzene rings is 1. The molecule has 0 aliphatic heterocycles. The molecule has 1 aromatic carbocycles. The van der Waals surface area contributed by atoms with Crippen molar-refractivity contribution in [3.63, 3.8) is 0 Å². The van der Waals surface area contributed by atoms with E-state index in [1.165, 1.54) is 0 Å². The van der Waals surface area contributed by atoms with Crippen LogP contribution in [0.1, 0.15) is 44.6 Å². The van der Waals surface area contributed by atoms with E-state index in [0.717, 1.165) is 75.7 Å². The summed E-state index contributed by atoms with van der Waals surface area (Å²) in [6.07, 6.45) is 5.09. The molecule has 0 saturated carbocycles. The average molecular weight is 493 g/mol. The lowest BCUT2D eigenvalue weighted by molar-refractivity contribution is 0.145. The fourth-order valence-corrected chi connectivity index (χ4v) is 2.40. The predicted octanol–water partition coefficient (Wildman–Crippen LogP) is 3.33. The number of nitrogens with one attached hydrogen (secondary N) is 2. The molecule has 3 N–H and O–H groups in total. The first-order valence-corrected chi connectivity index (χ1v) is 9.63. The summed E-state index contributed by atoms with van der Waals surface area (Å²) in [6.45, 7) is 6.14. The van der Waals surface area contributed by atoms with Crippen molar-refractivity contribution in [2.75, 3.05) is 40.0 Å². The standard InChI is InChI=1S/C20H35N3O3.HI/c1-3-26-16-8-14-22-20(21-13-6-4-5-7-15-24)23-17-18-9-11-19(25-2)12-10-18;/h9-12,24H,3-8,13-17H2,1-2H3,(H2,21,22,23);1H. The highest BCUT2D eigenvalue weighted by molar-refractivity contribution is 14.0. The molecule has 0 spiro atoms. The third kappa shape index (κ3) is 13.7. The molecule has 0 radical (unpaired) electrons. The fraction of sp³-hybridized carbons (Fsp3) is 0.650. The number of guanidine groups is 1. The van der Waals surface area contributed by atoms with Gasteiger partial charge in [0.05, 0.1) is 13.7 Å². The maximum absolute atomic E-state index is 8.82. The van der Waals surface area contributed by atoms with Gasteiger partial charge in [-0.15, -0.1) is 24.0 Å². The first kappa shape index (κ1) is 25.9. The summed E-state index contributed by atoms with van der Waals surface area (Å²) in [4.78, 5) is 4.67. The molecule has 1 rings (SSSR count). The van der Waals surface area contributed by atoms with Gasteiger partial charge in [-0.05, 0) is 43.9 Å². The molecule has 0 unspecified atom stereocenters. The molecule has 6 nitrogen and oxygen atoms in total. The minimum Gasteiger partial charge on any atom is -0.497 e. The van der Waals surface area contributed by atoms with E-state index >= 15 is 0 Å². The molecule has 7 heteroatoms. The van der Waals surface area contributed by atoms with Crippen LogP contribution >= 0.6 is 24.0 Å². The number of halogens is 1. The fourth-order valence-electron chi connectivity index (χ4n) is 2.40. The van der Waals surface area contributed by atoms with Crippen molar-refractivity contribution in [2.45, 2.75) is 45.6 Å². The van der Waals surface area contributed by atoms with Crippen molar-refractivity contribution in [1.29, 1.82) is 0 Å². The SMILES string of the molecule is CCOCCCNC(=NCc1ccc(OC)cc1)NCCCCCCO.I. The maximum Gasteiger partial charge on any atom is 0.191 e. The molecule has 0 aliphatic carbocycles. The highest BCUT2D eigenvalue weighted by Crippen LogP contribution is 2.11. The van der Waals surface area contributed by atoms with Gasteiger partial charge in [0, 0.05) is 32.9 Å². The minimum atomic E-state index is 0. The van der Waals surface area contributed by atoms with Gasteiger partial charge in [-0.1, -0.05) is 25.0 Å². The molecule has 27 heavy (non-hydrogen) atoms. The van der Waals surface area contributed by atoms with Gasteiger partial charge in [0.2, 0.25) is 0 Å². The largest absolute Gasteiger partial charge is 0.497 e. The molecule has 0 aromatic heterocycles. The number of rotatable bonds is 14. The Morgan fingerprint density at radius 2 is 1.67 bits per heavy atom. The van der Waals surface area contributed by atoms with Gasteiger partial charge < -0.3 is 25.2 Å². The summed E-state index contributed by atoms with van der Waals surface area (Å²) >= 11 is 0. The van der Waals surface area contributed by atoms with Crippen molar-refractivity contribution in [3.8, 4) is 5.75 Å². The number of hydrogen-bond donors (Lipinski definition) is 3. The molecule has 0 fully saturated rings. The number of nitrogens with zero attached hydrogens (tertiary/aromatic N) is 1. The van der Waals surface area contributed by atoms with E-state index in [9.17, 15) is 0 Å². The number of unbranched alkanes of at least 4 members (excludes halogenated alkanes) is 3. The average Bonchev–Trinajstić information content (AvgIpc) is 2.68. The van der Waals surface area contributed by atoms with Crippen molar-refractivity contribution in [1.82, 2.24) is 10.6 Å². The van der Waals surface area contributed by atoms with Crippen molar-refractivity contribution in [2.24, 2.45) is 4.99 Å². The number of ether oxygens (including phenoxy) is 2. The molecular formula is C20H36IN3O3. The van der Waals surface area contributed by atoms with Crippen LogP contribution in [0.3, 0.4) is 0 Å². The summed E-state index contributed by atoms with van der Waals surface area (Å²) < 4.78 is 10.6. The molecule has 0 bridgehead atoms. The Balaban J connectivity index is 0.00000676. The van der Waals surface area contributed by atoms with E-state index in [0.29, 0.717) is 6.54 Å². The number of hydrogen-bond acceptors (Lipinski definition) is 4. The van der Waals surface area contributed by atoms with Gasteiger partial charge in [0.25, 0.3) is 0 Å². The van der Waals surface area contributed by atoms with E-state index in [1.54, 1.807) is 7.11 Å². The molecule has 0 saturated heterocycles. The van der Waals surface area contributed by atoms with Crippen molar-refractivity contribution < 1.29 is 14.6 Å². The number of aliphatic imine (C=N–C) groups is 1. The Labute approximate surface area is 181 Å². The van der Waals surface area contributed by atoms with E-state index in [2.05, 4.69) is 15.6 Å². The van der Waals surface area contributed by atoms with Crippen LogP contribution in [-0.4, -0.2) is 51.1 Å². The lowest BCUT2D eigenvalue weighted by atomic mass is 10.2. The first-order valence-electron chi connectivity index (χ1n) is 9.63. The topological polar surface area (TPSA) is 75.1 Å².